The first-order valence-corrected chi connectivity index (χ1v) is 11.8. The van der Waals surface area contributed by atoms with Crippen molar-refractivity contribution < 1.29 is 22.8 Å². The summed E-state index contributed by atoms with van der Waals surface area (Å²) < 4.78 is 31.7. The minimum absolute atomic E-state index is 0.0194. The summed E-state index contributed by atoms with van der Waals surface area (Å²) in [4.78, 5) is 20.6. The number of thiophene rings is 1. The van der Waals surface area contributed by atoms with E-state index in [4.69, 9.17) is 21.2 Å². The van der Waals surface area contributed by atoms with Crippen molar-refractivity contribution in [1.82, 2.24) is 9.37 Å². The largest absolute Gasteiger partial charge is 0.376 e. The molecule has 1 unspecified atom stereocenters. The predicted molar refractivity (Wildman–Crippen MR) is 111 cm³/mol. The number of hydrogen-bond acceptors (Lipinski definition) is 6. The van der Waals surface area contributed by atoms with Crippen LogP contribution >= 0.6 is 22.9 Å². The SMILES string of the molecule is CON(C)S(=O)(=O)c1cc(C(=O)N(Cc2cccs2)CC2CCCO2)ccc1Cl. The number of rotatable bonds is 8. The number of hydroxylamine groups is 1. The molecule has 1 fully saturated rings. The van der Waals surface area contributed by atoms with Crippen LogP contribution in [0.1, 0.15) is 28.1 Å². The lowest BCUT2D eigenvalue weighted by Gasteiger charge is -2.25. The predicted octanol–water partition coefficient (Wildman–Crippen LogP) is 3.40. The normalized spacial score (nSPS) is 17.0. The van der Waals surface area contributed by atoms with Crippen molar-refractivity contribution in [2.45, 2.75) is 30.4 Å². The van der Waals surface area contributed by atoms with Gasteiger partial charge in [0.1, 0.15) is 4.90 Å². The highest BCUT2D eigenvalue weighted by Gasteiger charge is 2.28. The average molecular weight is 459 g/mol. The molecule has 1 aromatic carbocycles. The van der Waals surface area contributed by atoms with E-state index in [1.807, 2.05) is 17.5 Å². The summed E-state index contributed by atoms with van der Waals surface area (Å²) in [5.41, 5.74) is 0.243. The van der Waals surface area contributed by atoms with Crippen LogP contribution in [0.5, 0.6) is 0 Å². The Balaban J connectivity index is 1.91. The second kappa shape index (κ2) is 9.55. The molecule has 1 aliphatic rings. The van der Waals surface area contributed by atoms with E-state index in [-0.39, 0.29) is 27.5 Å². The average Bonchev–Trinajstić information content (AvgIpc) is 3.40. The molecule has 10 heteroatoms. The molecular formula is C19H23ClN2O5S2. The van der Waals surface area contributed by atoms with E-state index in [0.717, 1.165) is 17.7 Å². The van der Waals surface area contributed by atoms with Crippen molar-refractivity contribution in [1.29, 1.82) is 0 Å². The van der Waals surface area contributed by atoms with Gasteiger partial charge in [0.25, 0.3) is 15.9 Å². The number of hydrogen-bond donors (Lipinski definition) is 0. The molecule has 2 heterocycles. The van der Waals surface area contributed by atoms with E-state index in [2.05, 4.69) is 0 Å². The Labute approximate surface area is 179 Å². The summed E-state index contributed by atoms with van der Waals surface area (Å²) in [5.74, 6) is -0.276. The number of benzene rings is 1. The van der Waals surface area contributed by atoms with Gasteiger partial charge in [-0.1, -0.05) is 22.1 Å². The molecule has 1 aromatic heterocycles. The topological polar surface area (TPSA) is 76.2 Å². The molecule has 1 aliphatic heterocycles. The van der Waals surface area contributed by atoms with Crippen LogP contribution in [0.3, 0.4) is 0 Å². The van der Waals surface area contributed by atoms with Gasteiger partial charge in [0.2, 0.25) is 0 Å². The van der Waals surface area contributed by atoms with Gasteiger partial charge in [-0.2, -0.15) is 0 Å². The van der Waals surface area contributed by atoms with Gasteiger partial charge >= 0.3 is 0 Å². The van der Waals surface area contributed by atoms with Crippen LogP contribution in [0.25, 0.3) is 0 Å². The quantitative estimate of drug-likeness (QED) is 0.566. The summed E-state index contributed by atoms with van der Waals surface area (Å²) in [6.45, 7) is 1.57. The van der Waals surface area contributed by atoms with Gasteiger partial charge in [0.15, 0.2) is 0 Å². The van der Waals surface area contributed by atoms with Crippen molar-refractivity contribution >= 4 is 38.9 Å². The minimum atomic E-state index is -3.99. The highest BCUT2D eigenvalue weighted by atomic mass is 35.5. The summed E-state index contributed by atoms with van der Waals surface area (Å²) in [7, 11) is -1.48. The highest BCUT2D eigenvalue weighted by Crippen LogP contribution is 2.27. The molecule has 1 amide bonds. The third-order valence-electron chi connectivity index (χ3n) is 4.71. The molecular weight excluding hydrogens is 436 g/mol. The van der Waals surface area contributed by atoms with Gasteiger partial charge in [-0.25, -0.2) is 8.42 Å². The maximum absolute atomic E-state index is 13.3. The zero-order valence-corrected chi connectivity index (χ0v) is 18.6. The van der Waals surface area contributed by atoms with Crippen molar-refractivity contribution in [3.8, 4) is 0 Å². The Morgan fingerprint density at radius 3 is 2.79 bits per heavy atom. The lowest BCUT2D eigenvalue weighted by Crippen LogP contribution is -2.37. The first-order valence-electron chi connectivity index (χ1n) is 9.08. The molecule has 158 valence electrons. The van der Waals surface area contributed by atoms with Crippen LogP contribution in [0.2, 0.25) is 5.02 Å². The number of amides is 1. The molecule has 0 aliphatic carbocycles. The maximum Gasteiger partial charge on any atom is 0.266 e. The first-order chi connectivity index (χ1) is 13.8. The number of halogens is 1. The molecule has 7 nitrogen and oxygen atoms in total. The number of nitrogens with zero attached hydrogens (tertiary/aromatic N) is 2. The fourth-order valence-electron chi connectivity index (χ4n) is 3.10. The van der Waals surface area contributed by atoms with Crippen molar-refractivity contribution in [2.75, 3.05) is 27.3 Å². The van der Waals surface area contributed by atoms with Gasteiger partial charge in [0.05, 0.1) is 24.8 Å². The second-order valence-corrected chi connectivity index (χ2v) is 9.99. The van der Waals surface area contributed by atoms with E-state index >= 15 is 0 Å². The molecule has 0 saturated carbocycles. The van der Waals surface area contributed by atoms with E-state index in [1.54, 1.807) is 16.2 Å². The highest BCUT2D eigenvalue weighted by molar-refractivity contribution is 7.89. The Morgan fingerprint density at radius 1 is 1.38 bits per heavy atom. The molecule has 0 bridgehead atoms. The lowest BCUT2D eigenvalue weighted by atomic mass is 10.1. The summed E-state index contributed by atoms with van der Waals surface area (Å²) in [6, 6.07) is 8.15. The van der Waals surface area contributed by atoms with E-state index in [0.29, 0.717) is 24.2 Å². The number of carbonyl (C=O) groups is 1. The van der Waals surface area contributed by atoms with Crippen LogP contribution in [-0.2, 0) is 26.1 Å². The van der Waals surface area contributed by atoms with Gasteiger partial charge in [-0.15, -0.1) is 11.3 Å². The Hall–Kier alpha value is -1.49. The van der Waals surface area contributed by atoms with E-state index in [9.17, 15) is 13.2 Å². The minimum Gasteiger partial charge on any atom is -0.376 e. The third-order valence-corrected chi connectivity index (χ3v) is 7.74. The summed E-state index contributed by atoms with van der Waals surface area (Å²) >= 11 is 7.68. The molecule has 3 rings (SSSR count). The number of ether oxygens (including phenoxy) is 1. The first kappa shape index (κ1) is 22.2. The van der Waals surface area contributed by atoms with Crippen molar-refractivity contribution in [3.05, 3.63) is 51.2 Å². The van der Waals surface area contributed by atoms with Crippen molar-refractivity contribution in [2.24, 2.45) is 0 Å². The van der Waals surface area contributed by atoms with Gasteiger partial charge < -0.3 is 9.64 Å². The van der Waals surface area contributed by atoms with Crippen LogP contribution in [0, 0.1) is 0 Å². The number of sulfonamides is 1. The molecule has 1 saturated heterocycles. The van der Waals surface area contributed by atoms with Crippen LogP contribution in [-0.4, -0.2) is 57.1 Å². The van der Waals surface area contributed by atoms with Crippen LogP contribution in [0.4, 0.5) is 0 Å². The molecule has 29 heavy (non-hydrogen) atoms. The lowest BCUT2D eigenvalue weighted by molar-refractivity contribution is -0.0258. The molecule has 1 atom stereocenters. The van der Waals surface area contributed by atoms with Gasteiger partial charge in [-0.05, 0) is 42.5 Å². The molecule has 2 aromatic rings. The fraction of sp³-hybridized carbons (Fsp3) is 0.421. The molecule has 0 N–H and O–H groups in total. The zero-order chi connectivity index (χ0) is 21.0. The van der Waals surface area contributed by atoms with Gasteiger partial charge in [-0.3, -0.25) is 9.63 Å². The molecule has 0 radical (unpaired) electrons. The zero-order valence-electron chi connectivity index (χ0n) is 16.2. The molecule has 0 spiro atoms. The fourth-order valence-corrected chi connectivity index (χ4v) is 5.29. The van der Waals surface area contributed by atoms with Crippen LogP contribution < -0.4 is 0 Å². The van der Waals surface area contributed by atoms with E-state index in [1.165, 1.54) is 32.4 Å². The Kier molecular flexibility index (Phi) is 7.31. The van der Waals surface area contributed by atoms with Gasteiger partial charge in [0, 0.05) is 30.6 Å². The monoisotopic (exact) mass is 458 g/mol. The maximum atomic E-state index is 13.3. The second-order valence-electron chi connectivity index (χ2n) is 6.64. The van der Waals surface area contributed by atoms with Crippen LogP contribution in [0.15, 0.2) is 40.6 Å². The Morgan fingerprint density at radius 2 is 2.17 bits per heavy atom. The Bertz CT molecular complexity index is 944. The number of carbonyl (C=O) groups excluding carboxylic acids is 1. The van der Waals surface area contributed by atoms with Crippen molar-refractivity contribution in [3.63, 3.8) is 0 Å². The smallest absolute Gasteiger partial charge is 0.266 e. The third kappa shape index (κ3) is 5.17. The standard InChI is InChI=1S/C19H23ClN2O5S2/c1-21(26-2)29(24,25)18-11-14(7-8-17(18)20)19(23)22(12-15-5-3-9-27-15)13-16-6-4-10-28-16/h4,6-8,10-11,15H,3,5,9,12-13H2,1-2H3. The summed E-state index contributed by atoms with van der Waals surface area (Å²) in [5, 5.41) is 1.98. The summed E-state index contributed by atoms with van der Waals surface area (Å²) in [6.07, 6.45) is 1.85. The van der Waals surface area contributed by atoms with E-state index < -0.39 is 10.0 Å².